The number of nitrogens with one attached hydrogen (secondary N) is 1. The van der Waals surface area contributed by atoms with E-state index in [0.717, 1.165) is 42.3 Å². The Morgan fingerprint density at radius 3 is 1.87 bits per heavy atom. The Morgan fingerprint density at radius 1 is 0.769 bits per heavy atom. The van der Waals surface area contributed by atoms with Crippen LogP contribution in [0.15, 0.2) is 114 Å². The van der Waals surface area contributed by atoms with Gasteiger partial charge >= 0.3 is 5.97 Å². The van der Waals surface area contributed by atoms with Gasteiger partial charge in [0.25, 0.3) is 15.9 Å². The largest absolute Gasteiger partial charge is 0.360 e. The average Bonchev–Trinajstić information content (AvgIpc) is 2.95. The van der Waals surface area contributed by atoms with Gasteiger partial charge in [-0.05, 0) is 53.1 Å². The topological polar surface area (TPSA) is 110 Å². The molecule has 0 aliphatic carbocycles. The Morgan fingerprint density at radius 2 is 1.31 bits per heavy atom. The fourth-order valence-corrected chi connectivity index (χ4v) is 5.40. The van der Waals surface area contributed by atoms with Crippen LogP contribution in [-0.2, 0) is 24.4 Å². The molecule has 0 bridgehead atoms. The maximum Gasteiger partial charge on any atom is 0.360 e. The average molecular weight is 547 g/mol. The first-order valence-electron chi connectivity index (χ1n) is 11.7. The van der Waals surface area contributed by atoms with Crippen LogP contribution in [0.5, 0.6) is 0 Å². The monoisotopic (exact) mass is 546 g/mol. The van der Waals surface area contributed by atoms with E-state index in [2.05, 4.69) is 0 Å². The van der Waals surface area contributed by atoms with Crippen LogP contribution in [0, 0.1) is 5.82 Å². The van der Waals surface area contributed by atoms with Crippen molar-refractivity contribution in [3.8, 4) is 11.1 Å². The molecule has 2 amide bonds. The van der Waals surface area contributed by atoms with Crippen LogP contribution in [0.25, 0.3) is 11.1 Å². The number of hydroxylamine groups is 1. The maximum atomic E-state index is 13.4. The molecule has 4 aromatic carbocycles. The number of hydrogen-bond donors (Lipinski definition) is 1. The summed E-state index contributed by atoms with van der Waals surface area (Å²) in [6, 6.07) is 25.7. The molecule has 10 heteroatoms. The maximum absolute atomic E-state index is 13.4. The summed E-state index contributed by atoms with van der Waals surface area (Å²) < 4.78 is 40.6. The fourth-order valence-electron chi connectivity index (χ4n) is 3.87. The highest BCUT2D eigenvalue weighted by atomic mass is 32.2. The van der Waals surface area contributed by atoms with Crippen LogP contribution in [0.2, 0.25) is 0 Å². The van der Waals surface area contributed by atoms with E-state index < -0.39 is 44.6 Å². The Kier molecular flexibility index (Phi) is 8.16. The fraction of sp³-hybridized carbons (Fsp3) is 0.0690. The lowest BCUT2D eigenvalue weighted by Crippen LogP contribution is -2.44. The molecular weight excluding hydrogens is 523 g/mol. The molecule has 4 aromatic rings. The molecule has 0 aliphatic heterocycles. The van der Waals surface area contributed by atoms with Crippen LogP contribution < -0.4 is 5.48 Å². The molecule has 0 saturated carbocycles. The summed E-state index contributed by atoms with van der Waals surface area (Å²) in [7, 11) is -4.63. The second-order valence-corrected chi connectivity index (χ2v) is 10.2. The minimum absolute atomic E-state index is 0.116. The van der Waals surface area contributed by atoms with Crippen molar-refractivity contribution in [2.45, 2.75) is 17.9 Å². The van der Waals surface area contributed by atoms with Gasteiger partial charge < -0.3 is 4.84 Å². The van der Waals surface area contributed by atoms with Crippen molar-refractivity contribution in [2.75, 3.05) is 0 Å². The molecular formula is C29H23FN2O6S. The highest BCUT2D eigenvalue weighted by Gasteiger charge is 2.40. The SMILES string of the molecule is CC(=O)N(C(C(=O)ONC(=O)c1ccc(-c2ccccc2)cc1)c1ccccc1)S(=O)(=O)c1ccc(F)cc1. The summed E-state index contributed by atoms with van der Waals surface area (Å²) in [5, 5.41) is 0. The van der Waals surface area contributed by atoms with Crippen molar-refractivity contribution in [1.82, 2.24) is 9.79 Å². The van der Waals surface area contributed by atoms with Gasteiger partial charge in [-0.15, -0.1) is 0 Å². The third kappa shape index (κ3) is 6.19. The van der Waals surface area contributed by atoms with Crippen LogP contribution in [0.1, 0.15) is 28.9 Å². The summed E-state index contributed by atoms with van der Waals surface area (Å²) in [5.41, 5.74) is 4.15. The molecule has 0 fully saturated rings. The molecule has 0 saturated heterocycles. The molecule has 1 N–H and O–H groups in total. The van der Waals surface area contributed by atoms with Gasteiger partial charge in [0.05, 0.1) is 4.90 Å². The van der Waals surface area contributed by atoms with Gasteiger partial charge in [-0.3, -0.25) is 9.59 Å². The Bertz CT molecular complexity index is 1580. The van der Waals surface area contributed by atoms with E-state index in [1.807, 2.05) is 35.8 Å². The normalized spacial score (nSPS) is 11.7. The second-order valence-electron chi connectivity index (χ2n) is 8.38. The van der Waals surface area contributed by atoms with Gasteiger partial charge in [-0.25, -0.2) is 21.9 Å². The summed E-state index contributed by atoms with van der Waals surface area (Å²) in [6.07, 6.45) is 0. The van der Waals surface area contributed by atoms with Crippen LogP contribution in [0.4, 0.5) is 4.39 Å². The lowest BCUT2D eigenvalue weighted by Gasteiger charge is -2.28. The van der Waals surface area contributed by atoms with E-state index in [-0.39, 0.29) is 11.1 Å². The van der Waals surface area contributed by atoms with E-state index in [1.54, 1.807) is 42.5 Å². The Labute approximate surface area is 224 Å². The first kappa shape index (κ1) is 27.2. The molecule has 0 heterocycles. The van der Waals surface area contributed by atoms with E-state index in [0.29, 0.717) is 4.31 Å². The van der Waals surface area contributed by atoms with E-state index >= 15 is 0 Å². The molecule has 0 spiro atoms. The number of benzene rings is 4. The van der Waals surface area contributed by atoms with E-state index in [4.69, 9.17) is 4.84 Å². The number of halogens is 1. The van der Waals surface area contributed by atoms with E-state index in [9.17, 15) is 27.2 Å². The lowest BCUT2D eigenvalue weighted by atomic mass is 10.0. The van der Waals surface area contributed by atoms with Gasteiger partial charge in [-0.1, -0.05) is 72.8 Å². The van der Waals surface area contributed by atoms with Crippen molar-refractivity contribution in [1.29, 1.82) is 0 Å². The van der Waals surface area contributed by atoms with Gasteiger partial charge in [0.15, 0.2) is 6.04 Å². The Balaban J connectivity index is 1.58. The predicted octanol–water partition coefficient (Wildman–Crippen LogP) is 4.66. The molecule has 1 unspecified atom stereocenters. The van der Waals surface area contributed by atoms with Crippen LogP contribution >= 0.6 is 0 Å². The van der Waals surface area contributed by atoms with Crippen LogP contribution in [0.3, 0.4) is 0 Å². The van der Waals surface area contributed by atoms with Gasteiger partial charge in [0.1, 0.15) is 5.82 Å². The molecule has 0 radical (unpaired) electrons. The number of hydrogen-bond acceptors (Lipinski definition) is 6. The quantitative estimate of drug-likeness (QED) is 0.338. The zero-order valence-electron chi connectivity index (χ0n) is 20.7. The molecule has 8 nitrogen and oxygen atoms in total. The van der Waals surface area contributed by atoms with Crippen molar-refractivity contribution in [3.63, 3.8) is 0 Å². The predicted molar refractivity (Wildman–Crippen MR) is 141 cm³/mol. The molecule has 39 heavy (non-hydrogen) atoms. The number of rotatable bonds is 7. The number of carbonyl (C=O) groups is 3. The molecule has 4 rings (SSSR count). The van der Waals surface area contributed by atoms with Crippen molar-refractivity contribution < 1.29 is 32.0 Å². The third-order valence-corrected chi connectivity index (χ3v) is 7.61. The molecule has 1 atom stereocenters. The van der Waals surface area contributed by atoms with Gasteiger partial charge in [0, 0.05) is 12.5 Å². The summed E-state index contributed by atoms with van der Waals surface area (Å²) in [5.74, 6) is -3.66. The highest BCUT2D eigenvalue weighted by Crippen LogP contribution is 2.29. The first-order chi connectivity index (χ1) is 18.7. The minimum Gasteiger partial charge on any atom is -0.338 e. The van der Waals surface area contributed by atoms with Crippen molar-refractivity contribution in [3.05, 3.63) is 126 Å². The molecule has 198 valence electrons. The van der Waals surface area contributed by atoms with Crippen molar-refractivity contribution >= 4 is 27.8 Å². The summed E-state index contributed by atoms with van der Waals surface area (Å²) in [6.45, 7) is 0.969. The number of nitrogens with zero attached hydrogens (tertiary/aromatic N) is 1. The lowest BCUT2D eigenvalue weighted by molar-refractivity contribution is -0.156. The minimum atomic E-state index is -4.63. The highest BCUT2D eigenvalue weighted by molar-refractivity contribution is 7.89. The first-order valence-corrected chi connectivity index (χ1v) is 13.1. The zero-order chi connectivity index (χ0) is 28.0. The van der Waals surface area contributed by atoms with E-state index in [1.165, 1.54) is 12.1 Å². The second kappa shape index (κ2) is 11.7. The number of amides is 2. The Hall–Kier alpha value is -4.83. The summed E-state index contributed by atoms with van der Waals surface area (Å²) in [4.78, 5) is 43.2. The smallest absolute Gasteiger partial charge is 0.338 e. The van der Waals surface area contributed by atoms with Gasteiger partial charge in [-0.2, -0.15) is 5.48 Å². The number of carbonyl (C=O) groups excluding carboxylic acids is 3. The molecule has 0 aliphatic rings. The third-order valence-electron chi connectivity index (χ3n) is 5.75. The molecule has 0 aromatic heterocycles. The standard InChI is InChI=1S/C29H23FN2O6S/c1-20(33)32(39(36,37)26-18-16-25(30)17-19-26)27(23-10-6-3-7-11-23)29(35)38-31-28(34)24-14-12-22(13-15-24)21-8-4-2-5-9-21/h2-19,27H,1H3,(H,31,34). The zero-order valence-corrected chi connectivity index (χ0v) is 21.5. The van der Waals surface area contributed by atoms with Crippen LogP contribution in [-0.4, -0.2) is 30.5 Å². The van der Waals surface area contributed by atoms with Gasteiger partial charge in [0.2, 0.25) is 5.91 Å². The summed E-state index contributed by atoms with van der Waals surface area (Å²) >= 11 is 0. The number of sulfonamides is 1. The van der Waals surface area contributed by atoms with Crippen molar-refractivity contribution in [2.24, 2.45) is 0 Å².